The van der Waals surface area contributed by atoms with Crippen molar-refractivity contribution in [2.24, 2.45) is 0 Å². The van der Waals surface area contributed by atoms with Gasteiger partial charge in [0.1, 0.15) is 17.7 Å². The summed E-state index contributed by atoms with van der Waals surface area (Å²) in [5.41, 5.74) is 2.49. The summed E-state index contributed by atoms with van der Waals surface area (Å²) in [5, 5.41) is 0. The monoisotopic (exact) mass is 329 g/mol. The minimum atomic E-state index is -0.299. The molecule has 1 amide bonds. The number of nitrogens with zero attached hydrogens (tertiary/aromatic N) is 3. The largest absolute Gasteiger partial charge is 0.368 e. The molecule has 0 unspecified atom stereocenters. The first-order valence-corrected chi connectivity index (χ1v) is 7.97. The van der Waals surface area contributed by atoms with Crippen LogP contribution in [0.25, 0.3) is 0 Å². The molecule has 1 aromatic heterocycles. The lowest BCUT2D eigenvalue weighted by atomic mass is 10.1. The second kappa shape index (κ2) is 7.05. The number of halogens is 1. The van der Waals surface area contributed by atoms with E-state index in [0.717, 1.165) is 17.0 Å². The van der Waals surface area contributed by atoms with Gasteiger partial charge in [0.25, 0.3) is 0 Å². The summed E-state index contributed by atoms with van der Waals surface area (Å²) in [6.07, 6.45) is 0.0192. The van der Waals surface area contributed by atoms with Crippen LogP contribution in [0, 0.1) is 19.7 Å². The summed E-state index contributed by atoms with van der Waals surface area (Å²) in [7, 11) is 0. The van der Waals surface area contributed by atoms with Crippen molar-refractivity contribution in [3.63, 3.8) is 0 Å². The number of hydrogen-bond donors (Lipinski definition) is 0. The van der Waals surface area contributed by atoms with Crippen molar-refractivity contribution in [2.75, 3.05) is 19.7 Å². The van der Waals surface area contributed by atoms with Crippen molar-refractivity contribution < 1.29 is 13.9 Å². The van der Waals surface area contributed by atoms with Gasteiger partial charge in [-0.3, -0.25) is 4.79 Å². The highest BCUT2D eigenvalue weighted by Crippen LogP contribution is 2.22. The third-order valence-corrected chi connectivity index (χ3v) is 4.00. The predicted molar refractivity (Wildman–Crippen MR) is 86.9 cm³/mol. The Balaban J connectivity index is 1.68. The molecule has 2 aromatic rings. The molecule has 0 spiro atoms. The number of hydrogen-bond acceptors (Lipinski definition) is 4. The average molecular weight is 329 g/mol. The molecule has 0 radical (unpaired) electrons. The molecule has 1 aliphatic heterocycles. The maximum atomic E-state index is 13.0. The maximum absolute atomic E-state index is 13.0. The van der Waals surface area contributed by atoms with Crippen molar-refractivity contribution in [1.29, 1.82) is 0 Å². The molecule has 0 N–H and O–H groups in total. The van der Waals surface area contributed by atoms with Gasteiger partial charge in [0.2, 0.25) is 5.91 Å². The standard InChI is InChI=1S/C18H20FN3O2/c1-12-9-16(21-13(2)20-12)17-11-22(7-8-24-17)18(23)10-14-3-5-15(19)6-4-14/h3-6,9,17H,7-8,10-11H2,1-2H3/t17-/m1/s1. The van der Waals surface area contributed by atoms with Crippen LogP contribution in [0.4, 0.5) is 4.39 Å². The van der Waals surface area contributed by atoms with Crippen LogP contribution < -0.4 is 0 Å². The van der Waals surface area contributed by atoms with Gasteiger partial charge in [-0.1, -0.05) is 12.1 Å². The first-order valence-electron chi connectivity index (χ1n) is 7.97. The summed E-state index contributed by atoms with van der Waals surface area (Å²) in [6, 6.07) is 7.92. The zero-order valence-corrected chi connectivity index (χ0v) is 13.8. The summed E-state index contributed by atoms with van der Waals surface area (Å²) < 4.78 is 18.7. The Kier molecular flexibility index (Phi) is 4.85. The van der Waals surface area contributed by atoms with Crippen LogP contribution in [0.3, 0.4) is 0 Å². The van der Waals surface area contributed by atoms with Crippen LogP contribution in [0.1, 0.15) is 28.9 Å². The summed E-state index contributed by atoms with van der Waals surface area (Å²) in [4.78, 5) is 23.0. The van der Waals surface area contributed by atoms with Gasteiger partial charge < -0.3 is 9.64 Å². The van der Waals surface area contributed by atoms with Gasteiger partial charge in [0.05, 0.1) is 25.3 Å². The zero-order chi connectivity index (χ0) is 17.1. The average Bonchev–Trinajstić information content (AvgIpc) is 2.56. The van der Waals surface area contributed by atoms with Crippen LogP contribution in [0.2, 0.25) is 0 Å². The Morgan fingerprint density at radius 2 is 2.04 bits per heavy atom. The highest BCUT2D eigenvalue weighted by Gasteiger charge is 2.26. The number of rotatable bonds is 3. The van der Waals surface area contributed by atoms with Crippen LogP contribution >= 0.6 is 0 Å². The summed E-state index contributed by atoms with van der Waals surface area (Å²) in [5.74, 6) is 0.410. The fourth-order valence-electron chi connectivity index (χ4n) is 2.85. The van der Waals surface area contributed by atoms with Crippen molar-refractivity contribution in [3.05, 3.63) is 58.9 Å². The topological polar surface area (TPSA) is 55.3 Å². The van der Waals surface area contributed by atoms with Gasteiger partial charge in [-0.15, -0.1) is 0 Å². The molecule has 1 aromatic carbocycles. The van der Waals surface area contributed by atoms with E-state index in [1.807, 2.05) is 19.9 Å². The van der Waals surface area contributed by atoms with Gasteiger partial charge in [-0.2, -0.15) is 0 Å². The molecule has 6 heteroatoms. The maximum Gasteiger partial charge on any atom is 0.227 e. The second-order valence-electron chi connectivity index (χ2n) is 5.98. The third-order valence-electron chi connectivity index (χ3n) is 4.00. The van der Waals surface area contributed by atoms with Crippen molar-refractivity contribution in [3.8, 4) is 0 Å². The molecule has 3 rings (SSSR count). The van der Waals surface area contributed by atoms with E-state index in [4.69, 9.17) is 4.74 Å². The summed E-state index contributed by atoms with van der Waals surface area (Å²) >= 11 is 0. The van der Waals surface area contributed by atoms with Crippen molar-refractivity contribution in [2.45, 2.75) is 26.4 Å². The molecule has 1 atom stereocenters. The van der Waals surface area contributed by atoms with Crippen LogP contribution in [-0.4, -0.2) is 40.5 Å². The highest BCUT2D eigenvalue weighted by molar-refractivity contribution is 5.78. The molecule has 5 nitrogen and oxygen atoms in total. The summed E-state index contributed by atoms with van der Waals surface area (Å²) in [6.45, 7) is 5.26. The highest BCUT2D eigenvalue weighted by atomic mass is 19.1. The van der Waals surface area contributed by atoms with Crippen LogP contribution in [0.15, 0.2) is 30.3 Å². The molecule has 24 heavy (non-hydrogen) atoms. The normalized spacial score (nSPS) is 17.8. The lowest BCUT2D eigenvalue weighted by molar-refractivity contribution is -0.138. The number of morpholine rings is 1. The molecule has 1 fully saturated rings. The van der Waals surface area contributed by atoms with E-state index in [9.17, 15) is 9.18 Å². The smallest absolute Gasteiger partial charge is 0.227 e. The fraction of sp³-hybridized carbons (Fsp3) is 0.389. The fourth-order valence-corrected chi connectivity index (χ4v) is 2.85. The Hall–Kier alpha value is -2.34. The molecule has 0 saturated carbocycles. The Bertz CT molecular complexity index is 713. The van der Waals surface area contributed by atoms with Gasteiger partial charge >= 0.3 is 0 Å². The van der Waals surface area contributed by atoms with Crippen molar-refractivity contribution in [1.82, 2.24) is 14.9 Å². The first-order chi connectivity index (χ1) is 11.5. The second-order valence-corrected chi connectivity index (χ2v) is 5.98. The van der Waals surface area contributed by atoms with E-state index in [1.165, 1.54) is 12.1 Å². The third kappa shape index (κ3) is 3.94. The molecular formula is C18H20FN3O2. The van der Waals surface area contributed by atoms with E-state index in [-0.39, 0.29) is 24.2 Å². The quantitative estimate of drug-likeness (QED) is 0.867. The van der Waals surface area contributed by atoms with E-state index in [1.54, 1.807) is 17.0 Å². The van der Waals surface area contributed by atoms with Gasteiger partial charge in [-0.25, -0.2) is 14.4 Å². The van der Waals surface area contributed by atoms with Gasteiger partial charge in [0, 0.05) is 12.2 Å². The Morgan fingerprint density at radius 3 is 2.75 bits per heavy atom. The first kappa shape index (κ1) is 16.5. The molecular weight excluding hydrogens is 309 g/mol. The van der Waals surface area contributed by atoms with E-state index >= 15 is 0 Å². The number of carbonyl (C=O) groups is 1. The molecule has 0 bridgehead atoms. The SMILES string of the molecule is Cc1cc([C@H]2CN(C(=O)Cc3ccc(F)cc3)CCO2)nc(C)n1. The molecule has 0 aliphatic carbocycles. The Morgan fingerprint density at radius 1 is 1.29 bits per heavy atom. The van der Waals surface area contributed by atoms with Crippen molar-refractivity contribution >= 4 is 5.91 Å². The van der Waals surface area contributed by atoms with E-state index < -0.39 is 0 Å². The zero-order valence-electron chi connectivity index (χ0n) is 13.8. The molecule has 2 heterocycles. The number of aromatic nitrogens is 2. The minimum absolute atomic E-state index is 0.0115. The predicted octanol–water partition coefficient (Wildman–Crippen LogP) is 2.38. The lowest BCUT2D eigenvalue weighted by Crippen LogP contribution is -2.43. The molecule has 1 aliphatic rings. The van der Waals surface area contributed by atoms with Gasteiger partial charge in [-0.05, 0) is 37.6 Å². The number of carbonyl (C=O) groups excluding carboxylic acids is 1. The van der Waals surface area contributed by atoms with Crippen LogP contribution in [0.5, 0.6) is 0 Å². The lowest BCUT2D eigenvalue weighted by Gasteiger charge is -2.33. The number of amides is 1. The number of aryl methyl sites for hydroxylation is 2. The van der Waals surface area contributed by atoms with E-state index in [2.05, 4.69) is 9.97 Å². The Labute approximate surface area is 140 Å². The number of ether oxygens (including phenoxy) is 1. The molecule has 126 valence electrons. The van der Waals surface area contributed by atoms with E-state index in [0.29, 0.717) is 25.5 Å². The van der Waals surface area contributed by atoms with Crippen LogP contribution in [-0.2, 0) is 16.0 Å². The number of benzene rings is 1. The van der Waals surface area contributed by atoms with Gasteiger partial charge in [0.15, 0.2) is 0 Å². The molecule has 1 saturated heterocycles. The minimum Gasteiger partial charge on any atom is -0.368 e.